The second kappa shape index (κ2) is 4.78. The molecule has 14 heavy (non-hydrogen) atoms. The predicted molar refractivity (Wildman–Crippen MR) is 57.9 cm³/mol. The van der Waals surface area contributed by atoms with Crippen molar-refractivity contribution in [2.75, 3.05) is 6.54 Å². The lowest BCUT2D eigenvalue weighted by Crippen LogP contribution is -2.55. The van der Waals surface area contributed by atoms with Crippen LogP contribution in [-0.2, 0) is 4.79 Å². The van der Waals surface area contributed by atoms with E-state index < -0.39 is 0 Å². The van der Waals surface area contributed by atoms with Gasteiger partial charge in [-0.1, -0.05) is 13.8 Å². The molecule has 0 radical (unpaired) electrons. The highest BCUT2D eigenvalue weighted by Crippen LogP contribution is 2.31. The Hall–Kier alpha value is -0.570. The van der Waals surface area contributed by atoms with Crippen LogP contribution in [0.2, 0.25) is 0 Å². The number of amides is 1. The lowest BCUT2D eigenvalue weighted by molar-refractivity contribution is -0.123. The fourth-order valence-corrected chi connectivity index (χ4v) is 2.08. The maximum absolute atomic E-state index is 11.4. The zero-order valence-electron chi connectivity index (χ0n) is 9.31. The summed E-state index contributed by atoms with van der Waals surface area (Å²) in [6.07, 6.45) is 4.99. The molecule has 0 bridgehead atoms. The molecule has 3 heteroatoms. The minimum atomic E-state index is -0.0976. The van der Waals surface area contributed by atoms with Crippen molar-refractivity contribution in [2.45, 2.75) is 51.5 Å². The van der Waals surface area contributed by atoms with Crippen molar-refractivity contribution in [3.05, 3.63) is 0 Å². The highest BCUT2D eigenvalue weighted by molar-refractivity contribution is 5.76. The minimum Gasteiger partial charge on any atom is -0.349 e. The van der Waals surface area contributed by atoms with E-state index in [9.17, 15) is 4.79 Å². The number of hydrogen-bond donors (Lipinski definition) is 2. The molecule has 3 nitrogen and oxygen atoms in total. The van der Waals surface area contributed by atoms with E-state index in [0.717, 1.165) is 18.8 Å². The molecule has 0 saturated heterocycles. The van der Waals surface area contributed by atoms with Crippen LogP contribution in [0.15, 0.2) is 0 Å². The first-order chi connectivity index (χ1) is 6.62. The molecule has 0 aromatic carbocycles. The number of carbonyl (C=O) groups is 1. The van der Waals surface area contributed by atoms with Gasteiger partial charge in [0, 0.05) is 13.0 Å². The number of nitrogens with one attached hydrogen (secondary N) is 1. The van der Waals surface area contributed by atoms with Crippen molar-refractivity contribution >= 4 is 5.91 Å². The van der Waals surface area contributed by atoms with Gasteiger partial charge in [0.05, 0.1) is 5.54 Å². The Morgan fingerprint density at radius 2 is 2.07 bits per heavy atom. The summed E-state index contributed by atoms with van der Waals surface area (Å²) in [5.41, 5.74) is 5.67. The molecule has 3 N–H and O–H groups in total. The first kappa shape index (κ1) is 11.5. The zero-order chi connectivity index (χ0) is 10.6. The highest BCUT2D eigenvalue weighted by Gasteiger charge is 2.33. The van der Waals surface area contributed by atoms with E-state index in [-0.39, 0.29) is 11.4 Å². The minimum absolute atomic E-state index is 0.0976. The monoisotopic (exact) mass is 198 g/mol. The van der Waals surface area contributed by atoms with Gasteiger partial charge in [-0.25, -0.2) is 0 Å². The number of hydrogen-bond acceptors (Lipinski definition) is 2. The smallest absolute Gasteiger partial charge is 0.220 e. The molecule has 1 rings (SSSR count). The largest absolute Gasteiger partial charge is 0.349 e. The summed E-state index contributed by atoms with van der Waals surface area (Å²) in [4.78, 5) is 11.4. The molecule has 1 amide bonds. The van der Waals surface area contributed by atoms with Crippen molar-refractivity contribution in [2.24, 2.45) is 11.7 Å². The number of nitrogens with two attached hydrogens (primary N) is 1. The van der Waals surface area contributed by atoms with Gasteiger partial charge in [0.2, 0.25) is 5.91 Å². The number of carbonyl (C=O) groups excluding carboxylic acids is 1. The number of rotatable bonds is 3. The zero-order valence-corrected chi connectivity index (χ0v) is 9.31. The van der Waals surface area contributed by atoms with E-state index in [2.05, 4.69) is 12.2 Å². The summed E-state index contributed by atoms with van der Waals surface area (Å²) >= 11 is 0. The molecule has 0 aliphatic heterocycles. The standard InChI is InChI=1S/C11H22N2O/c1-3-10(14)13-11(8-12)6-4-9(2)5-7-11/h9H,3-8,12H2,1-2H3,(H,13,14). The van der Waals surface area contributed by atoms with Gasteiger partial charge < -0.3 is 11.1 Å². The third-order valence-electron chi connectivity index (χ3n) is 3.35. The van der Waals surface area contributed by atoms with Gasteiger partial charge >= 0.3 is 0 Å². The Morgan fingerprint density at radius 3 is 2.50 bits per heavy atom. The van der Waals surface area contributed by atoms with E-state index in [1.807, 2.05) is 6.92 Å². The second-order valence-electron chi connectivity index (χ2n) is 4.57. The highest BCUT2D eigenvalue weighted by atomic mass is 16.1. The quantitative estimate of drug-likeness (QED) is 0.720. The normalized spacial score (nSPS) is 32.6. The lowest BCUT2D eigenvalue weighted by Gasteiger charge is -2.39. The summed E-state index contributed by atoms with van der Waals surface area (Å²) < 4.78 is 0. The van der Waals surface area contributed by atoms with Crippen molar-refractivity contribution in [3.8, 4) is 0 Å². The first-order valence-corrected chi connectivity index (χ1v) is 5.63. The molecular formula is C11H22N2O. The van der Waals surface area contributed by atoms with Gasteiger partial charge in [0.25, 0.3) is 0 Å². The molecule has 82 valence electrons. The maximum Gasteiger partial charge on any atom is 0.220 e. The topological polar surface area (TPSA) is 55.1 Å². The third kappa shape index (κ3) is 2.71. The van der Waals surface area contributed by atoms with Gasteiger partial charge in [-0.15, -0.1) is 0 Å². The molecule has 0 unspecified atom stereocenters. The van der Waals surface area contributed by atoms with Gasteiger partial charge in [-0.05, 0) is 31.6 Å². The van der Waals surface area contributed by atoms with Crippen LogP contribution < -0.4 is 11.1 Å². The Balaban J connectivity index is 2.54. The molecule has 0 atom stereocenters. The van der Waals surface area contributed by atoms with E-state index in [0.29, 0.717) is 13.0 Å². The van der Waals surface area contributed by atoms with Crippen LogP contribution in [0.4, 0.5) is 0 Å². The molecule has 0 heterocycles. The maximum atomic E-state index is 11.4. The molecule has 1 saturated carbocycles. The van der Waals surface area contributed by atoms with Crippen LogP contribution in [0, 0.1) is 5.92 Å². The van der Waals surface area contributed by atoms with E-state index in [1.54, 1.807) is 0 Å². The summed E-state index contributed by atoms with van der Waals surface area (Å²) in [6.45, 7) is 4.72. The van der Waals surface area contributed by atoms with Gasteiger partial charge in [0.15, 0.2) is 0 Å². The molecular weight excluding hydrogens is 176 g/mol. The molecule has 0 aromatic rings. The Labute approximate surface area is 86.4 Å². The first-order valence-electron chi connectivity index (χ1n) is 5.63. The van der Waals surface area contributed by atoms with Crippen molar-refractivity contribution < 1.29 is 4.79 Å². The summed E-state index contributed by atoms with van der Waals surface area (Å²) in [5, 5.41) is 3.09. The van der Waals surface area contributed by atoms with Crippen molar-refractivity contribution in [1.29, 1.82) is 0 Å². The molecule has 0 spiro atoms. The summed E-state index contributed by atoms with van der Waals surface area (Å²) in [5.74, 6) is 0.915. The second-order valence-corrected chi connectivity index (χ2v) is 4.57. The van der Waals surface area contributed by atoms with Crippen LogP contribution in [0.25, 0.3) is 0 Å². The SMILES string of the molecule is CCC(=O)NC1(CN)CCC(C)CC1. The lowest BCUT2D eigenvalue weighted by atomic mass is 9.77. The molecule has 1 aliphatic carbocycles. The fourth-order valence-electron chi connectivity index (χ4n) is 2.08. The Bertz CT molecular complexity index is 195. The van der Waals surface area contributed by atoms with Crippen LogP contribution in [0.5, 0.6) is 0 Å². The Kier molecular flexibility index (Phi) is 3.93. The summed E-state index contributed by atoms with van der Waals surface area (Å²) in [7, 11) is 0. The van der Waals surface area contributed by atoms with E-state index in [1.165, 1.54) is 12.8 Å². The van der Waals surface area contributed by atoms with Gasteiger partial charge in [-0.3, -0.25) is 4.79 Å². The van der Waals surface area contributed by atoms with Crippen molar-refractivity contribution in [1.82, 2.24) is 5.32 Å². The fraction of sp³-hybridized carbons (Fsp3) is 0.909. The van der Waals surface area contributed by atoms with Crippen LogP contribution in [0.3, 0.4) is 0 Å². The Morgan fingerprint density at radius 1 is 1.50 bits per heavy atom. The average molecular weight is 198 g/mol. The van der Waals surface area contributed by atoms with Crippen LogP contribution >= 0.6 is 0 Å². The van der Waals surface area contributed by atoms with E-state index >= 15 is 0 Å². The van der Waals surface area contributed by atoms with Gasteiger partial charge in [0.1, 0.15) is 0 Å². The summed E-state index contributed by atoms with van der Waals surface area (Å²) in [6, 6.07) is 0. The van der Waals surface area contributed by atoms with Crippen LogP contribution in [-0.4, -0.2) is 18.0 Å². The van der Waals surface area contributed by atoms with E-state index in [4.69, 9.17) is 5.73 Å². The molecule has 1 fully saturated rings. The molecule has 0 aromatic heterocycles. The van der Waals surface area contributed by atoms with Gasteiger partial charge in [-0.2, -0.15) is 0 Å². The predicted octanol–water partition coefficient (Wildman–Crippen LogP) is 1.42. The third-order valence-corrected chi connectivity index (χ3v) is 3.35. The van der Waals surface area contributed by atoms with Crippen molar-refractivity contribution in [3.63, 3.8) is 0 Å². The van der Waals surface area contributed by atoms with Crippen LogP contribution in [0.1, 0.15) is 46.0 Å². The molecule has 1 aliphatic rings. The average Bonchev–Trinajstić information content (AvgIpc) is 2.22.